The number of amides is 2. The third-order valence-electron chi connectivity index (χ3n) is 2.27. The summed E-state index contributed by atoms with van der Waals surface area (Å²) in [5.41, 5.74) is -0.154. The highest BCUT2D eigenvalue weighted by molar-refractivity contribution is 9.10. The third-order valence-corrected chi connectivity index (χ3v) is 2.96. The number of carboxylic acid groups (broad SMARTS) is 1. The molecular formula is C11H9BrF4N2O3. The van der Waals surface area contributed by atoms with Crippen LogP contribution in [0.4, 0.5) is 28.0 Å². The largest absolute Gasteiger partial charge is 0.478 e. The minimum Gasteiger partial charge on any atom is -0.478 e. The molecule has 0 saturated heterocycles. The number of anilines is 1. The minimum absolute atomic E-state index is 0.00670. The standard InChI is InChI=1S/C11H9BrF4N2O3/c12-6-2-1-5(8(19)20)3-7(6)18-10(21)17-4-11(15,16)9(13)14/h1-3,9H,4H2,(H,19,20)(H2,17,18,21). The van der Waals surface area contributed by atoms with Crippen molar-refractivity contribution in [1.82, 2.24) is 5.32 Å². The third kappa shape index (κ3) is 4.88. The van der Waals surface area contributed by atoms with E-state index in [4.69, 9.17) is 5.11 Å². The van der Waals surface area contributed by atoms with Crippen molar-refractivity contribution in [3.8, 4) is 0 Å². The molecule has 0 atom stereocenters. The molecule has 0 aromatic heterocycles. The summed E-state index contributed by atoms with van der Waals surface area (Å²) < 4.78 is 49.3. The molecule has 0 unspecified atom stereocenters. The number of carboxylic acids is 1. The smallest absolute Gasteiger partial charge is 0.335 e. The summed E-state index contributed by atoms with van der Waals surface area (Å²) in [6.45, 7) is -1.55. The zero-order valence-electron chi connectivity index (χ0n) is 10.2. The highest BCUT2D eigenvalue weighted by Crippen LogP contribution is 2.24. The van der Waals surface area contributed by atoms with E-state index in [1.807, 2.05) is 0 Å². The Balaban J connectivity index is 2.71. The molecule has 10 heteroatoms. The number of aromatic carboxylic acids is 1. The van der Waals surface area contributed by atoms with Crippen molar-refractivity contribution >= 4 is 33.6 Å². The number of halogens is 5. The lowest BCUT2D eigenvalue weighted by Gasteiger charge is -2.16. The second-order valence-electron chi connectivity index (χ2n) is 3.87. The lowest BCUT2D eigenvalue weighted by molar-refractivity contribution is -0.123. The molecule has 5 nitrogen and oxygen atoms in total. The molecule has 0 spiro atoms. The van der Waals surface area contributed by atoms with Crippen LogP contribution in [0.5, 0.6) is 0 Å². The Morgan fingerprint density at radius 3 is 2.48 bits per heavy atom. The molecule has 21 heavy (non-hydrogen) atoms. The summed E-state index contributed by atoms with van der Waals surface area (Å²) in [4.78, 5) is 22.1. The molecule has 0 aliphatic rings. The van der Waals surface area contributed by atoms with Crippen LogP contribution in [0.25, 0.3) is 0 Å². The number of alkyl halides is 4. The first kappa shape index (κ1) is 17.2. The fraction of sp³-hybridized carbons (Fsp3) is 0.273. The quantitative estimate of drug-likeness (QED) is 0.694. The Labute approximate surface area is 124 Å². The van der Waals surface area contributed by atoms with E-state index in [1.54, 1.807) is 5.32 Å². The fourth-order valence-corrected chi connectivity index (χ4v) is 1.54. The number of hydrogen-bond donors (Lipinski definition) is 3. The molecule has 3 N–H and O–H groups in total. The van der Waals surface area contributed by atoms with Gasteiger partial charge in [-0.2, -0.15) is 8.78 Å². The lowest BCUT2D eigenvalue weighted by atomic mass is 10.2. The van der Waals surface area contributed by atoms with Crippen molar-refractivity contribution in [1.29, 1.82) is 0 Å². The topological polar surface area (TPSA) is 78.4 Å². The molecule has 0 heterocycles. The highest BCUT2D eigenvalue weighted by Gasteiger charge is 2.40. The van der Waals surface area contributed by atoms with Crippen molar-refractivity contribution in [3.63, 3.8) is 0 Å². The molecule has 0 radical (unpaired) electrons. The molecule has 0 fully saturated rings. The first-order chi connectivity index (χ1) is 9.63. The van der Waals surface area contributed by atoms with Gasteiger partial charge >= 0.3 is 24.3 Å². The summed E-state index contributed by atoms with van der Waals surface area (Å²) >= 11 is 3.02. The number of carbonyl (C=O) groups excluding carboxylic acids is 1. The maximum Gasteiger partial charge on any atom is 0.335 e. The van der Waals surface area contributed by atoms with Gasteiger partial charge in [-0.15, -0.1) is 0 Å². The van der Waals surface area contributed by atoms with Gasteiger partial charge in [0, 0.05) is 4.47 Å². The average molecular weight is 373 g/mol. The van der Waals surface area contributed by atoms with Crippen LogP contribution in [0.3, 0.4) is 0 Å². The Hall–Kier alpha value is -1.84. The van der Waals surface area contributed by atoms with Gasteiger partial charge in [0.2, 0.25) is 0 Å². The average Bonchev–Trinajstić information content (AvgIpc) is 2.38. The van der Waals surface area contributed by atoms with Gasteiger partial charge in [-0.3, -0.25) is 0 Å². The van der Waals surface area contributed by atoms with Crippen LogP contribution in [-0.2, 0) is 0 Å². The van der Waals surface area contributed by atoms with Crippen molar-refractivity contribution in [2.45, 2.75) is 12.3 Å². The number of benzene rings is 1. The van der Waals surface area contributed by atoms with Crippen LogP contribution in [0.2, 0.25) is 0 Å². The van der Waals surface area contributed by atoms with Crippen molar-refractivity contribution in [2.24, 2.45) is 0 Å². The molecule has 1 aromatic rings. The first-order valence-electron chi connectivity index (χ1n) is 5.37. The van der Waals surface area contributed by atoms with E-state index in [1.165, 1.54) is 12.1 Å². The summed E-state index contributed by atoms with van der Waals surface area (Å²) in [7, 11) is 0. The maximum absolute atomic E-state index is 12.6. The van der Waals surface area contributed by atoms with E-state index in [0.29, 0.717) is 4.47 Å². The molecule has 2 amide bonds. The predicted octanol–water partition coefficient (Wildman–Crippen LogP) is 3.17. The fourth-order valence-electron chi connectivity index (χ4n) is 1.20. The highest BCUT2D eigenvalue weighted by atomic mass is 79.9. The van der Waals surface area contributed by atoms with E-state index in [9.17, 15) is 27.2 Å². The molecule has 1 rings (SSSR count). The number of urea groups is 1. The normalized spacial score (nSPS) is 11.3. The van der Waals surface area contributed by atoms with Gasteiger partial charge in [-0.05, 0) is 34.1 Å². The Bertz CT molecular complexity index is 554. The summed E-state index contributed by atoms with van der Waals surface area (Å²) in [5, 5.41) is 12.4. The number of nitrogens with one attached hydrogen (secondary N) is 2. The molecular weight excluding hydrogens is 364 g/mol. The monoisotopic (exact) mass is 372 g/mol. The molecule has 0 aliphatic carbocycles. The first-order valence-corrected chi connectivity index (χ1v) is 6.16. The van der Waals surface area contributed by atoms with Gasteiger partial charge in [0.1, 0.15) is 0 Å². The van der Waals surface area contributed by atoms with Gasteiger partial charge in [0.25, 0.3) is 0 Å². The van der Waals surface area contributed by atoms with Gasteiger partial charge < -0.3 is 15.7 Å². The van der Waals surface area contributed by atoms with Crippen LogP contribution in [0, 0.1) is 0 Å². The van der Waals surface area contributed by atoms with E-state index >= 15 is 0 Å². The molecule has 0 bridgehead atoms. The van der Waals surface area contributed by atoms with Gasteiger partial charge in [-0.1, -0.05) is 0 Å². The Kier molecular flexibility index (Phi) is 5.53. The molecule has 1 aromatic carbocycles. The van der Waals surface area contributed by atoms with Crippen molar-refractivity contribution < 1.29 is 32.3 Å². The zero-order chi connectivity index (χ0) is 16.2. The van der Waals surface area contributed by atoms with Crippen molar-refractivity contribution in [3.05, 3.63) is 28.2 Å². The van der Waals surface area contributed by atoms with Crippen LogP contribution in [-0.4, -0.2) is 36.0 Å². The maximum atomic E-state index is 12.6. The zero-order valence-corrected chi connectivity index (χ0v) is 11.8. The van der Waals surface area contributed by atoms with Gasteiger partial charge in [-0.25, -0.2) is 18.4 Å². The van der Waals surface area contributed by atoms with E-state index in [0.717, 1.165) is 6.07 Å². The summed E-state index contributed by atoms with van der Waals surface area (Å²) in [6, 6.07) is 2.49. The van der Waals surface area contributed by atoms with Gasteiger partial charge in [0.15, 0.2) is 0 Å². The second-order valence-corrected chi connectivity index (χ2v) is 4.72. The van der Waals surface area contributed by atoms with Crippen LogP contribution < -0.4 is 10.6 Å². The van der Waals surface area contributed by atoms with Crippen LogP contribution >= 0.6 is 15.9 Å². The minimum atomic E-state index is -4.35. The second kappa shape index (κ2) is 6.74. The number of rotatable bonds is 5. The van der Waals surface area contributed by atoms with E-state index in [-0.39, 0.29) is 11.3 Å². The molecule has 0 aliphatic heterocycles. The Morgan fingerprint density at radius 1 is 1.33 bits per heavy atom. The lowest BCUT2D eigenvalue weighted by Crippen LogP contribution is -2.43. The summed E-state index contributed by atoms with van der Waals surface area (Å²) in [5.74, 6) is -5.60. The van der Waals surface area contributed by atoms with E-state index < -0.39 is 30.9 Å². The SMILES string of the molecule is O=C(NCC(F)(F)C(F)F)Nc1cc(C(=O)O)ccc1Br. The summed E-state index contributed by atoms with van der Waals surface area (Å²) in [6.07, 6.45) is -3.90. The Morgan fingerprint density at radius 2 is 1.95 bits per heavy atom. The van der Waals surface area contributed by atoms with E-state index in [2.05, 4.69) is 21.2 Å². The predicted molar refractivity (Wildman–Crippen MR) is 69.1 cm³/mol. The molecule has 116 valence electrons. The van der Waals surface area contributed by atoms with Crippen molar-refractivity contribution in [2.75, 3.05) is 11.9 Å². The van der Waals surface area contributed by atoms with Crippen LogP contribution in [0.15, 0.2) is 22.7 Å². The number of carbonyl (C=O) groups is 2. The molecule has 0 saturated carbocycles. The number of hydrogen-bond acceptors (Lipinski definition) is 2. The van der Waals surface area contributed by atoms with Crippen LogP contribution in [0.1, 0.15) is 10.4 Å². The van der Waals surface area contributed by atoms with Gasteiger partial charge in [0.05, 0.1) is 17.8 Å².